The zero-order valence-electron chi connectivity index (χ0n) is 10.2. The van der Waals surface area contributed by atoms with Crippen LogP contribution in [-0.2, 0) is 0 Å². The number of urea groups is 1. The second-order valence-corrected chi connectivity index (χ2v) is 4.38. The fraction of sp³-hybridized carbons (Fsp3) is 0. The van der Waals surface area contributed by atoms with E-state index in [4.69, 9.17) is 34.7 Å². The highest BCUT2D eigenvalue weighted by Crippen LogP contribution is 2.20. The van der Waals surface area contributed by atoms with Gasteiger partial charge in [0.25, 0.3) is 5.91 Å². The molecule has 8 heteroatoms. The Bertz CT molecular complexity index is 585. The molecular weight excluding hydrogens is 303 g/mol. The van der Waals surface area contributed by atoms with Gasteiger partial charge < -0.3 is 11.5 Å². The van der Waals surface area contributed by atoms with E-state index in [2.05, 4.69) is 10.6 Å². The van der Waals surface area contributed by atoms with Crippen LogP contribution in [0.3, 0.4) is 0 Å². The predicted octanol–water partition coefficient (Wildman–Crippen LogP) is 1.71. The minimum absolute atomic E-state index is 0.0270. The first kappa shape index (κ1) is 15.9. The Balaban J connectivity index is 2.68. The van der Waals surface area contributed by atoms with Crippen molar-refractivity contribution in [1.82, 2.24) is 10.6 Å². The van der Waals surface area contributed by atoms with Crippen LogP contribution in [0.1, 0.15) is 10.4 Å². The van der Waals surface area contributed by atoms with Gasteiger partial charge in [0.2, 0.25) is 0 Å². The molecule has 0 spiro atoms. The van der Waals surface area contributed by atoms with Crippen LogP contribution < -0.4 is 22.1 Å². The Hall–Kier alpha value is -2.18. The summed E-state index contributed by atoms with van der Waals surface area (Å²) in [6, 6.07) is 3.50. The largest absolute Gasteiger partial charge is 0.405 e. The number of nitrogens with one attached hydrogen (secondary N) is 2. The SMILES string of the molecule is N/C=C\C=C(/N)NC(=O)NC(=O)c1ccc(Cl)cc1Cl. The van der Waals surface area contributed by atoms with Crippen molar-refractivity contribution in [2.45, 2.75) is 0 Å². The van der Waals surface area contributed by atoms with Gasteiger partial charge in [-0.05, 0) is 36.6 Å². The van der Waals surface area contributed by atoms with Crippen molar-refractivity contribution in [2.75, 3.05) is 0 Å². The van der Waals surface area contributed by atoms with Gasteiger partial charge >= 0.3 is 6.03 Å². The molecular formula is C12H12Cl2N4O2. The zero-order chi connectivity index (χ0) is 15.1. The van der Waals surface area contributed by atoms with Crippen LogP contribution >= 0.6 is 23.2 Å². The number of halogens is 2. The molecule has 1 rings (SSSR count). The van der Waals surface area contributed by atoms with Gasteiger partial charge in [0, 0.05) is 5.02 Å². The molecule has 0 saturated carbocycles. The van der Waals surface area contributed by atoms with Crippen LogP contribution in [0.25, 0.3) is 0 Å². The molecule has 0 radical (unpaired) electrons. The molecule has 0 atom stereocenters. The topological polar surface area (TPSA) is 110 Å². The number of amides is 3. The number of nitrogens with two attached hydrogens (primary N) is 2. The van der Waals surface area contributed by atoms with Gasteiger partial charge in [-0.25, -0.2) is 4.79 Å². The Kier molecular flexibility index (Phi) is 5.89. The molecule has 106 valence electrons. The fourth-order valence-corrected chi connectivity index (χ4v) is 1.70. The fourth-order valence-electron chi connectivity index (χ4n) is 1.21. The van der Waals surface area contributed by atoms with E-state index in [1.807, 2.05) is 0 Å². The first-order valence-electron chi connectivity index (χ1n) is 5.35. The standard InChI is InChI=1S/C12H12Cl2N4O2/c13-7-3-4-8(9(14)6-7)11(19)18-12(20)17-10(16)2-1-5-15/h1-6H,15-16H2,(H2,17,18,19,20)/b5-1-,10-2+. The van der Waals surface area contributed by atoms with E-state index in [1.54, 1.807) is 0 Å². The maximum Gasteiger partial charge on any atom is 0.327 e. The van der Waals surface area contributed by atoms with Gasteiger partial charge in [-0.1, -0.05) is 23.2 Å². The summed E-state index contributed by atoms with van der Waals surface area (Å²) in [5.74, 6) is -0.648. The summed E-state index contributed by atoms with van der Waals surface area (Å²) in [6.45, 7) is 0. The van der Waals surface area contributed by atoms with Crippen LogP contribution in [0, 0.1) is 0 Å². The van der Waals surface area contributed by atoms with Crippen LogP contribution in [0.15, 0.2) is 42.4 Å². The van der Waals surface area contributed by atoms with Crippen LogP contribution in [0.4, 0.5) is 4.79 Å². The van der Waals surface area contributed by atoms with Crippen molar-refractivity contribution in [1.29, 1.82) is 0 Å². The molecule has 0 aliphatic carbocycles. The number of carbonyl (C=O) groups excluding carboxylic acids is 2. The molecule has 1 aromatic carbocycles. The minimum Gasteiger partial charge on any atom is -0.405 e. The quantitative estimate of drug-likeness (QED) is 0.636. The summed E-state index contributed by atoms with van der Waals surface area (Å²) in [5.41, 5.74) is 10.7. The Morgan fingerprint density at radius 1 is 1.20 bits per heavy atom. The first-order chi connectivity index (χ1) is 9.43. The van der Waals surface area contributed by atoms with Gasteiger partial charge in [-0.3, -0.25) is 15.4 Å². The highest BCUT2D eigenvalue weighted by atomic mass is 35.5. The molecule has 0 aliphatic rings. The van der Waals surface area contributed by atoms with Crippen molar-refractivity contribution >= 4 is 35.1 Å². The molecule has 1 aromatic rings. The van der Waals surface area contributed by atoms with Gasteiger partial charge in [0.15, 0.2) is 0 Å². The number of hydrogen-bond donors (Lipinski definition) is 4. The van der Waals surface area contributed by atoms with Crippen molar-refractivity contribution < 1.29 is 9.59 Å². The van der Waals surface area contributed by atoms with E-state index in [1.165, 1.54) is 36.6 Å². The smallest absolute Gasteiger partial charge is 0.327 e. The molecule has 0 heterocycles. The summed E-state index contributed by atoms with van der Waals surface area (Å²) in [6.07, 6.45) is 4.03. The highest BCUT2D eigenvalue weighted by molar-refractivity contribution is 6.37. The van der Waals surface area contributed by atoms with Crippen LogP contribution in [-0.4, -0.2) is 11.9 Å². The monoisotopic (exact) mass is 314 g/mol. The molecule has 0 aromatic heterocycles. The molecule has 0 fully saturated rings. The number of hydrogen-bond acceptors (Lipinski definition) is 4. The van der Waals surface area contributed by atoms with Crippen molar-refractivity contribution in [3.8, 4) is 0 Å². The average Bonchev–Trinajstić information content (AvgIpc) is 2.35. The lowest BCUT2D eigenvalue weighted by atomic mass is 10.2. The van der Waals surface area contributed by atoms with Gasteiger partial charge in [-0.15, -0.1) is 0 Å². The van der Waals surface area contributed by atoms with E-state index in [9.17, 15) is 9.59 Å². The third-order valence-electron chi connectivity index (χ3n) is 2.05. The summed E-state index contributed by atoms with van der Waals surface area (Å²) >= 11 is 11.6. The molecule has 0 saturated heterocycles. The van der Waals surface area contributed by atoms with Crippen molar-refractivity contribution in [3.05, 3.63) is 58.0 Å². The van der Waals surface area contributed by atoms with Crippen LogP contribution in [0.2, 0.25) is 10.0 Å². The molecule has 20 heavy (non-hydrogen) atoms. The highest BCUT2D eigenvalue weighted by Gasteiger charge is 2.13. The molecule has 6 nitrogen and oxygen atoms in total. The number of carbonyl (C=O) groups is 2. The molecule has 0 unspecified atom stereocenters. The third-order valence-corrected chi connectivity index (χ3v) is 2.60. The molecule has 3 amide bonds. The van der Waals surface area contributed by atoms with Crippen LogP contribution in [0.5, 0.6) is 0 Å². The van der Waals surface area contributed by atoms with E-state index < -0.39 is 11.9 Å². The van der Waals surface area contributed by atoms with Gasteiger partial charge in [-0.2, -0.15) is 0 Å². The summed E-state index contributed by atoms with van der Waals surface area (Å²) < 4.78 is 0. The number of rotatable bonds is 3. The van der Waals surface area contributed by atoms with E-state index in [0.717, 1.165) is 0 Å². The number of benzene rings is 1. The lowest BCUT2D eigenvalue weighted by molar-refractivity contribution is 0.0965. The maximum atomic E-state index is 11.8. The number of allylic oxidation sites excluding steroid dienone is 2. The summed E-state index contributed by atoms with van der Waals surface area (Å²) in [4.78, 5) is 23.3. The third kappa shape index (κ3) is 4.83. The Labute approximate surface area is 125 Å². The van der Waals surface area contributed by atoms with E-state index in [0.29, 0.717) is 5.02 Å². The van der Waals surface area contributed by atoms with E-state index in [-0.39, 0.29) is 16.4 Å². The van der Waals surface area contributed by atoms with Gasteiger partial charge in [0.1, 0.15) is 5.82 Å². The first-order valence-corrected chi connectivity index (χ1v) is 6.11. The summed E-state index contributed by atoms with van der Waals surface area (Å²) in [7, 11) is 0. The summed E-state index contributed by atoms with van der Waals surface area (Å²) in [5, 5.41) is 4.83. The Morgan fingerprint density at radius 3 is 2.50 bits per heavy atom. The molecule has 0 bridgehead atoms. The molecule has 6 N–H and O–H groups in total. The average molecular weight is 315 g/mol. The molecule has 0 aliphatic heterocycles. The second kappa shape index (κ2) is 7.42. The predicted molar refractivity (Wildman–Crippen MR) is 78.1 cm³/mol. The van der Waals surface area contributed by atoms with Crippen molar-refractivity contribution in [3.63, 3.8) is 0 Å². The normalized spacial score (nSPS) is 11.4. The second-order valence-electron chi connectivity index (χ2n) is 3.54. The van der Waals surface area contributed by atoms with Crippen molar-refractivity contribution in [2.24, 2.45) is 11.5 Å². The maximum absolute atomic E-state index is 11.8. The number of imide groups is 1. The van der Waals surface area contributed by atoms with Gasteiger partial charge in [0.05, 0.1) is 10.6 Å². The lowest BCUT2D eigenvalue weighted by Gasteiger charge is -2.07. The van der Waals surface area contributed by atoms with E-state index >= 15 is 0 Å². The minimum atomic E-state index is -0.791. The lowest BCUT2D eigenvalue weighted by Crippen LogP contribution is -2.40. The Morgan fingerprint density at radius 2 is 1.90 bits per heavy atom. The zero-order valence-corrected chi connectivity index (χ0v) is 11.7.